The van der Waals surface area contributed by atoms with Crippen LogP contribution in [0.25, 0.3) is 0 Å². The molecule has 3 N–H and O–H groups in total. The molecule has 0 aliphatic heterocycles. The van der Waals surface area contributed by atoms with Crippen LogP contribution in [0.1, 0.15) is 12.5 Å². The van der Waals surface area contributed by atoms with Crippen LogP contribution >= 0.6 is 0 Å². The Kier molecular flexibility index (Phi) is 5.09. The lowest BCUT2D eigenvalue weighted by Crippen LogP contribution is -2.46. The highest BCUT2D eigenvalue weighted by atomic mass is 16.5. The van der Waals surface area contributed by atoms with E-state index in [1.54, 1.807) is 25.4 Å². The van der Waals surface area contributed by atoms with Crippen LogP contribution < -0.4 is 11.1 Å². The number of nitrogens with two attached hydrogens (primary N) is 1. The Hall–Kier alpha value is -1.95. The second kappa shape index (κ2) is 6.59. The van der Waals surface area contributed by atoms with E-state index in [1.165, 1.54) is 0 Å². The lowest BCUT2D eigenvalue weighted by Gasteiger charge is -2.10. The van der Waals surface area contributed by atoms with E-state index in [4.69, 9.17) is 5.73 Å². The third-order valence-electron chi connectivity index (χ3n) is 2.01. The first-order valence-electron chi connectivity index (χ1n) is 5.24. The molecule has 0 radical (unpaired) electrons. The van der Waals surface area contributed by atoms with E-state index in [9.17, 15) is 9.59 Å². The zero-order valence-electron chi connectivity index (χ0n) is 9.55. The Morgan fingerprint density at radius 2 is 2.35 bits per heavy atom. The maximum atomic E-state index is 11.5. The van der Waals surface area contributed by atoms with Crippen LogP contribution in [0, 0.1) is 0 Å². The molecular weight excluding hydrogens is 222 g/mol. The summed E-state index contributed by atoms with van der Waals surface area (Å²) in [5, 5.41) is 2.53. The molecule has 1 heterocycles. The van der Waals surface area contributed by atoms with E-state index in [0.717, 1.165) is 5.56 Å². The topological polar surface area (TPSA) is 94.3 Å². The molecule has 0 bridgehead atoms. The summed E-state index contributed by atoms with van der Waals surface area (Å²) in [6, 6.07) is 2.28. The second-order valence-corrected chi connectivity index (χ2v) is 3.31. The number of carbonyl (C=O) groups excluding carboxylic acids is 2. The van der Waals surface area contributed by atoms with Gasteiger partial charge in [-0.3, -0.25) is 9.78 Å². The minimum atomic E-state index is -1.29. The highest BCUT2D eigenvalue weighted by Crippen LogP contribution is 1.95. The van der Waals surface area contributed by atoms with Crippen LogP contribution in [-0.4, -0.2) is 29.5 Å². The molecule has 1 aromatic rings. The van der Waals surface area contributed by atoms with Crippen LogP contribution in [0.4, 0.5) is 0 Å². The Morgan fingerprint density at radius 3 is 2.94 bits per heavy atom. The Labute approximate surface area is 99.2 Å². The molecule has 0 saturated carbocycles. The molecule has 1 atom stereocenters. The van der Waals surface area contributed by atoms with Crippen molar-refractivity contribution in [2.75, 3.05) is 6.61 Å². The van der Waals surface area contributed by atoms with Gasteiger partial charge in [-0.1, -0.05) is 6.07 Å². The third kappa shape index (κ3) is 4.20. The lowest BCUT2D eigenvalue weighted by molar-refractivity contribution is -0.148. The monoisotopic (exact) mass is 237 g/mol. The maximum Gasteiger partial charge on any atom is 0.332 e. The summed E-state index contributed by atoms with van der Waals surface area (Å²) in [6.07, 6.45) is 3.26. The average molecular weight is 237 g/mol. The molecule has 17 heavy (non-hydrogen) atoms. The fourth-order valence-electron chi connectivity index (χ4n) is 1.14. The minimum absolute atomic E-state index is 0.197. The fraction of sp³-hybridized carbons (Fsp3) is 0.364. The van der Waals surface area contributed by atoms with Gasteiger partial charge in [-0.25, -0.2) is 4.79 Å². The fourth-order valence-corrected chi connectivity index (χ4v) is 1.14. The number of pyridine rings is 1. The first-order chi connectivity index (χ1) is 8.15. The van der Waals surface area contributed by atoms with Crippen LogP contribution in [0.2, 0.25) is 0 Å². The predicted molar refractivity (Wildman–Crippen MR) is 60.7 cm³/mol. The van der Waals surface area contributed by atoms with Crippen molar-refractivity contribution < 1.29 is 14.3 Å². The van der Waals surface area contributed by atoms with Crippen molar-refractivity contribution in [3.8, 4) is 0 Å². The van der Waals surface area contributed by atoms with Gasteiger partial charge in [-0.2, -0.15) is 0 Å². The normalized spacial score (nSPS) is 11.6. The van der Waals surface area contributed by atoms with Gasteiger partial charge in [0.1, 0.15) is 0 Å². The van der Waals surface area contributed by atoms with Crippen molar-refractivity contribution in [3.05, 3.63) is 30.1 Å². The van der Waals surface area contributed by atoms with E-state index >= 15 is 0 Å². The first-order valence-corrected chi connectivity index (χ1v) is 5.24. The zero-order valence-corrected chi connectivity index (χ0v) is 9.55. The number of aromatic nitrogens is 1. The van der Waals surface area contributed by atoms with Crippen molar-refractivity contribution in [1.82, 2.24) is 10.3 Å². The average Bonchev–Trinajstić information content (AvgIpc) is 2.36. The van der Waals surface area contributed by atoms with Crippen LogP contribution in [0.15, 0.2) is 24.5 Å². The molecule has 0 aliphatic carbocycles. The molecule has 6 nitrogen and oxygen atoms in total. The molecule has 92 valence electrons. The smallest absolute Gasteiger partial charge is 0.332 e. The highest BCUT2D eigenvalue weighted by molar-refractivity contribution is 6.01. The Bertz CT molecular complexity index is 381. The number of rotatable bonds is 5. The van der Waals surface area contributed by atoms with Gasteiger partial charge in [-0.05, 0) is 18.6 Å². The number of nitrogens with one attached hydrogen (secondary N) is 1. The summed E-state index contributed by atoms with van der Waals surface area (Å²) >= 11 is 0. The standard InChI is InChI=1S/C11H15N3O3/c1-2-17-11(16)9(12)10(15)14-7-8-4-3-5-13-6-8/h3-6,9H,2,7,12H2,1H3,(H,14,15). The quantitative estimate of drug-likeness (QED) is 0.536. The van der Waals surface area contributed by atoms with Gasteiger partial charge < -0.3 is 15.8 Å². The van der Waals surface area contributed by atoms with Crippen molar-refractivity contribution >= 4 is 11.9 Å². The highest BCUT2D eigenvalue weighted by Gasteiger charge is 2.22. The Morgan fingerprint density at radius 1 is 1.59 bits per heavy atom. The van der Waals surface area contributed by atoms with Crippen molar-refractivity contribution in [2.24, 2.45) is 5.73 Å². The largest absolute Gasteiger partial charge is 0.464 e. The SMILES string of the molecule is CCOC(=O)C(N)C(=O)NCc1cccnc1. The van der Waals surface area contributed by atoms with Gasteiger partial charge >= 0.3 is 5.97 Å². The van der Waals surface area contributed by atoms with Crippen LogP contribution in [0.5, 0.6) is 0 Å². The van der Waals surface area contributed by atoms with Crippen LogP contribution in [-0.2, 0) is 20.9 Å². The predicted octanol–water partition coefficient (Wildman–Crippen LogP) is -0.412. The number of ether oxygens (including phenoxy) is 1. The summed E-state index contributed by atoms with van der Waals surface area (Å²) in [5.41, 5.74) is 6.24. The summed E-state index contributed by atoms with van der Waals surface area (Å²) in [7, 11) is 0. The van der Waals surface area contributed by atoms with Gasteiger partial charge in [0.25, 0.3) is 0 Å². The van der Waals surface area contributed by atoms with E-state index in [0.29, 0.717) is 0 Å². The van der Waals surface area contributed by atoms with E-state index in [1.807, 2.05) is 6.07 Å². The zero-order chi connectivity index (χ0) is 12.7. The maximum absolute atomic E-state index is 11.5. The summed E-state index contributed by atoms with van der Waals surface area (Å²) in [6.45, 7) is 2.13. The molecular formula is C11H15N3O3. The summed E-state index contributed by atoms with van der Waals surface area (Å²) in [4.78, 5) is 26.5. The molecule has 1 aromatic heterocycles. The molecule has 0 spiro atoms. The number of esters is 1. The number of amides is 1. The number of hydrogen-bond acceptors (Lipinski definition) is 5. The molecule has 1 amide bonds. The van der Waals surface area contributed by atoms with Gasteiger partial charge in [0.15, 0.2) is 6.04 Å². The summed E-state index contributed by atoms with van der Waals surface area (Å²) in [5.74, 6) is -1.29. The number of carbonyl (C=O) groups is 2. The van der Waals surface area contributed by atoms with Gasteiger partial charge in [0.05, 0.1) is 6.61 Å². The Balaban J connectivity index is 2.42. The first kappa shape index (κ1) is 13.1. The van der Waals surface area contributed by atoms with Gasteiger partial charge in [0, 0.05) is 18.9 Å². The molecule has 0 fully saturated rings. The molecule has 1 unspecified atom stereocenters. The van der Waals surface area contributed by atoms with E-state index in [-0.39, 0.29) is 13.2 Å². The third-order valence-corrected chi connectivity index (χ3v) is 2.01. The molecule has 0 aromatic carbocycles. The molecule has 1 rings (SSSR count). The minimum Gasteiger partial charge on any atom is -0.464 e. The number of hydrogen-bond donors (Lipinski definition) is 2. The van der Waals surface area contributed by atoms with Crippen LogP contribution in [0.3, 0.4) is 0 Å². The van der Waals surface area contributed by atoms with Crippen molar-refractivity contribution in [2.45, 2.75) is 19.5 Å². The molecule has 0 aliphatic rings. The lowest BCUT2D eigenvalue weighted by atomic mass is 10.2. The van der Waals surface area contributed by atoms with Gasteiger partial charge in [0.2, 0.25) is 5.91 Å². The number of nitrogens with zero attached hydrogens (tertiary/aromatic N) is 1. The van der Waals surface area contributed by atoms with E-state index in [2.05, 4.69) is 15.0 Å². The van der Waals surface area contributed by atoms with Crippen molar-refractivity contribution in [1.29, 1.82) is 0 Å². The van der Waals surface area contributed by atoms with Crippen molar-refractivity contribution in [3.63, 3.8) is 0 Å². The molecule has 6 heteroatoms. The second-order valence-electron chi connectivity index (χ2n) is 3.31. The summed E-state index contributed by atoms with van der Waals surface area (Å²) < 4.78 is 4.64. The van der Waals surface area contributed by atoms with Gasteiger partial charge in [-0.15, -0.1) is 0 Å². The molecule has 0 saturated heterocycles. The van der Waals surface area contributed by atoms with E-state index < -0.39 is 17.9 Å².